The Labute approximate surface area is 154 Å². The van der Waals surface area contributed by atoms with Crippen molar-refractivity contribution in [2.24, 2.45) is 7.05 Å². The van der Waals surface area contributed by atoms with Crippen LogP contribution in [0.3, 0.4) is 0 Å². The number of benzene rings is 1. The zero-order chi connectivity index (χ0) is 16.4. The maximum atomic E-state index is 6.30. The number of nitrogens with zero attached hydrogens (tertiary/aromatic N) is 3. The second kappa shape index (κ2) is 7.27. The number of halogens is 2. The molecule has 2 N–H and O–H groups in total. The second-order valence-corrected chi connectivity index (χ2v) is 6.86. The van der Waals surface area contributed by atoms with Gasteiger partial charge in [0.05, 0.1) is 21.5 Å². The van der Waals surface area contributed by atoms with Crippen LogP contribution < -0.4 is 10.5 Å². The second-order valence-electron chi connectivity index (χ2n) is 5.78. The van der Waals surface area contributed by atoms with Gasteiger partial charge in [-0.1, -0.05) is 34.2 Å². The van der Waals surface area contributed by atoms with Crippen LogP contribution >= 0.6 is 34.2 Å². The SMILES string of the molecule is Cn1ncc(Cl)c1-c1cc(N)ccc1OC1CCN(CI)CC1. The van der Waals surface area contributed by atoms with Crippen LogP contribution in [0.5, 0.6) is 5.75 Å². The molecule has 5 nitrogen and oxygen atoms in total. The largest absolute Gasteiger partial charge is 0.490 e. The zero-order valence-electron chi connectivity index (χ0n) is 13.0. The van der Waals surface area contributed by atoms with Crippen LogP contribution in [-0.4, -0.2) is 38.4 Å². The fourth-order valence-corrected chi connectivity index (χ4v) is 3.83. The Balaban J connectivity index is 1.86. The van der Waals surface area contributed by atoms with Gasteiger partial charge in [-0.15, -0.1) is 0 Å². The van der Waals surface area contributed by atoms with Crippen LogP contribution in [0.4, 0.5) is 5.69 Å². The van der Waals surface area contributed by atoms with Crippen LogP contribution in [0.15, 0.2) is 24.4 Å². The van der Waals surface area contributed by atoms with Crippen molar-refractivity contribution in [2.45, 2.75) is 18.9 Å². The standard InChI is InChI=1S/C16H20ClIN4O/c1-21-16(14(17)9-20-21)13-8-11(19)2-3-15(13)23-12-4-6-22(10-18)7-5-12/h2-3,8-9,12H,4-7,10,19H2,1H3. The summed E-state index contributed by atoms with van der Waals surface area (Å²) in [5.41, 5.74) is 8.38. The van der Waals surface area contributed by atoms with E-state index < -0.39 is 0 Å². The normalized spacial score (nSPS) is 16.7. The minimum atomic E-state index is 0.226. The Kier molecular flexibility index (Phi) is 5.33. The molecule has 1 fully saturated rings. The smallest absolute Gasteiger partial charge is 0.129 e. The molecule has 1 aliphatic heterocycles. The number of piperidine rings is 1. The van der Waals surface area contributed by atoms with Crippen LogP contribution in [0.25, 0.3) is 11.3 Å². The molecule has 0 spiro atoms. The molecule has 0 unspecified atom stereocenters. The van der Waals surface area contributed by atoms with Crippen molar-refractivity contribution >= 4 is 39.9 Å². The Morgan fingerprint density at radius 1 is 1.39 bits per heavy atom. The Morgan fingerprint density at radius 3 is 2.74 bits per heavy atom. The number of aryl methyl sites for hydroxylation is 1. The van der Waals surface area contributed by atoms with Gasteiger partial charge in [0.2, 0.25) is 0 Å². The van der Waals surface area contributed by atoms with E-state index in [1.807, 2.05) is 25.2 Å². The number of anilines is 1. The molecule has 2 aromatic rings. The molecule has 0 saturated carbocycles. The summed E-state index contributed by atoms with van der Waals surface area (Å²) >= 11 is 8.70. The van der Waals surface area contributed by atoms with Gasteiger partial charge in [-0.25, -0.2) is 0 Å². The Bertz CT molecular complexity index is 663. The van der Waals surface area contributed by atoms with Crippen molar-refractivity contribution in [3.8, 4) is 17.0 Å². The minimum absolute atomic E-state index is 0.226. The number of ether oxygens (including phenoxy) is 1. The fraction of sp³-hybridized carbons (Fsp3) is 0.438. The summed E-state index contributed by atoms with van der Waals surface area (Å²) in [7, 11) is 1.87. The van der Waals surface area contributed by atoms with E-state index in [4.69, 9.17) is 22.1 Å². The molecule has 3 rings (SSSR count). The average Bonchev–Trinajstić information content (AvgIpc) is 2.89. The molecule has 1 aromatic carbocycles. The molecule has 2 heterocycles. The molecule has 1 aliphatic rings. The Morgan fingerprint density at radius 2 is 2.13 bits per heavy atom. The van der Waals surface area contributed by atoms with Gasteiger partial charge in [-0.05, 0) is 31.0 Å². The van der Waals surface area contributed by atoms with E-state index in [2.05, 4.69) is 32.6 Å². The van der Waals surface area contributed by atoms with Crippen molar-refractivity contribution in [2.75, 3.05) is 23.4 Å². The number of aromatic nitrogens is 2. The van der Waals surface area contributed by atoms with Crippen LogP contribution in [0.1, 0.15) is 12.8 Å². The lowest BCUT2D eigenvalue weighted by Crippen LogP contribution is -2.37. The van der Waals surface area contributed by atoms with Gasteiger partial charge in [-0.2, -0.15) is 5.10 Å². The van der Waals surface area contributed by atoms with E-state index in [0.717, 1.165) is 47.5 Å². The van der Waals surface area contributed by atoms with Gasteiger partial charge in [0.1, 0.15) is 11.9 Å². The maximum Gasteiger partial charge on any atom is 0.129 e. The number of nitrogens with two attached hydrogens (primary N) is 1. The third kappa shape index (κ3) is 3.75. The first-order valence-corrected chi connectivity index (χ1v) is 9.51. The number of hydrogen-bond acceptors (Lipinski definition) is 4. The molecule has 23 heavy (non-hydrogen) atoms. The first-order chi connectivity index (χ1) is 11.1. The van der Waals surface area contributed by atoms with Crippen molar-refractivity contribution < 1.29 is 4.74 Å². The van der Waals surface area contributed by atoms with Gasteiger partial charge >= 0.3 is 0 Å². The summed E-state index contributed by atoms with van der Waals surface area (Å²) in [6.07, 6.45) is 3.93. The van der Waals surface area contributed by atoms with Gasteiger partial charge in [0.25, 0.3) is 0 Å². The number of hydrogen-bond donors (Lipinski definition) is 1. The lowest BCUT2D eigenvalue weighted by molar-refractivity contribution is 0.113. The number of alkyl halides is 1. The fourth-order valence-electron chi connectivity index (χ4n) is 2.88. The van der Waals surface area contributed by atoms with Crippen molar-refractivity contribution in [3.05, 3.63) is 29.4 Å². The van der Waals surface area contributed by atoms with Crippen molar-refractivity contribution in [3.63, 3.8) is 0 Å². The van der Waals surface area contributed by atoms with Crippen molar-refractivity contribution in [1.29, 1.82) is 0 Å². The molecule has 124 valence electrons. The molecule has 0 atom stereocenters. The highest BCUT2D eigenvalue weighted by molar-refractivity contribution is 14.1. The van der Waals surface area contributed by atoms with E-state index in [1.54, 1.807) is 10.9 Å². The molecular weight excluding hydrogens is 427 g/mol. The van der Waals surface area contributed by atoms with Crippen LogP contribution in [0, 0.1) is 0 Å². The third-order valence-electron chi connectivity index (χ3n) is 4.15. The summed E-state index contributed by atoms with van der Waals surface area (Å²) in [4.78, 5) is 2.43. The molecule has 1 saturated heterocycles. The van der Waals surface area contributed by atoms with Gasteiger partial charge in [-0.3, -0.25) is 9.58 Å². The summed E-state index contributed by atoms with van der Waals surface area (Å²) in [6, 6.07) is 5.69. The molecule has 7 heteroatoms. The highest BCUT2D eigenvalue weighted by Crippen LogP contribution is 2.37. The summed E-state index contributed by atoms with van der Waals surface area (Å²) in [5, 5.41) is 4.81. The highest BCUT2D eigenvalue weighted by Gasteiger charge is 2.22. The number of nitrogen functional groups attached to an aromatic ring is 1. The van der Waals surface area contributed by atoms with E-state index in [1.165, 1.54) is 0 Å². The van der Waals surface area contributed by atoms with Crippen LogP contribution in [0.2, 0.25) is 5.02 Å². The van der Waals surface area contributed by atoms with Gasteiger partial charge < -0.3 is 10.5 Å². The summed E-state index contributed by atoms with van der Waals surface area (Å²) in [6.45, 7) is 2.15. The zero-order valence-corrected chi connectivity index (χ0v) is 15.9. The van der Waals surface area contributed by atoms with E-state index in [9.17, 15) is 0 Å². The predicted molar refractivity (Wildman–Crippen MR) is 102 cm³/mol. The van der Waals surface area contributed by atoms with E-state index in [0.29, 0.717) is 10.7 Å². The lowest BCUT2D eigenvalue weighted by Gasteiger charge is -2.31. The van der Waals surface area contributed by atoms with Crippen molar-refractivity contribution in [1.82, 2.24) is 14.7 Å². The van der Waals surface area contributed by atoms with E-state index >= 15 is 0 Å². The topological polar surface area (TPSA) is 56.3 Å². The molecule has 0 amide bonds. The highest BCUT2D eigenvalue weighted by atomic mass is 127. The van der Waals surface area contributed by atoms with Gasteiger partial charge in [0.15, 0.2) is 0 Å². The molecule has 0 aliphatic carbocycles. The Hall–Kier alpha value is -0.990. The molecular formula is C16H20ClIN4O. The molecule has 0 bridgehead atoms. The quantitative estimate of drug-likeness (QED) is 0.338. The summed E-state index contributed by atoms with van der Waals surface area (Å²) in [5.74, 6) is 0.817. The predicted octanol–water partition coefficient (Wildman–Crippen LogP) is 3.56. The number of rotatable bonds is 4. The molecule has 1 aromatic heterocycles. The van der Waals surface area contributed by atoms with E-state index in [-0.39, 0.29) is 6.10 Å². The lowest BCUT2D eigenvalue weighted by atomic mass is 10.1. The maximum absolute atomic E-state index is 6.30. The minimum Gasteiger partial charge on any atom is -0.490 e. The average molecular weight is 447 g/mol. The van der Waals surface area contributed by atoms with Crippen LogP contribution in [-0.2, 0) is 7.05 Å². The first-order valence-electron chi connectivity index (χ1n) is 7.61. The summed E-state index contributed by atoms with van der Waals surface area (Å²) < 4.78 is 9.11. The third-order valence-corrected chi connectivity index (χ3v) is 5.39. The monoisotopic (exact) mass is 446 g/mol. The van der Waals surface area contributed by atoms with Gasteiger partial charge in [0, 0.05) is 31.4 Å². The molecule has 0 radical (unpaired) electrons. The first kappa shape index (κ1) is 16.9. The number of likely N-dealkylation sites (tertiary alicyclic amines) is 1.